The summed E-state index contributed by atoms with van der Waals surface area (Å²) in [6.07, 6.45) is 8.13. The predicted molar refractivity (Wildman–Crippen MR) is 129 cm³/mol. The third-order valence-corrected chi connectivity index (χ3v) is 8.38. The second-order valence-electron chi connectivity index (χ2n) is 10.5. The Morgan fingerprint density at radius 2 is 1.79 bits per heavy atom. The van der Waals surface area contributed by atoms with Crippen LogP contribution in [0.1, 0.15) is 50.0 Å². The van der Waals surface area contributed by atoms with E-state index in [9.17, 15) is 9.59 Å². The van der Waals surface area contributed by atoms with Crippen molar-refractivity contribution in [1.82, 2.24) is 19.7 Å². The van der Waals surface area contributed by atoms with Gasteiger partial charge in [-0.15, -0.1) is 0 Å². The Hall–Kier alpha value is -2.67. The summed E-state index contributed by atoms with van der Waals surface area (Å²) >= 11 is 0. The van der Waals surface area contributed by atoms with Crippen LogP contribution in [0, 0.1) is 11.3 Å². The number of likely N-dealkylation sites (tertiary alicyclic amines) is 3. The lowest BCUT2D eigenvalue weighted by Gasteiger charge is -2.43. The van der Waals surface area contributed by atoms with Gasteiger partial charge in [-0.3, -0.25) is 9.59 Å². The molecular formula is C27H36N4O3. The number of oxazole rings is 1. The van der Waals surface area contributed by atoms with Crippen molar-refractivity contribution >= 4 is 11.8 Å². The molecule has 3 aliphatic heterocycles. The lowest BCUT2D eigenvalue weighted by molar-refractivity contribution is -0.130. The van der Waals surface area contributed by atoms with Crippen LogP contribution in [0.15, 0.2) is 47.2 Å². The molecule has 0 bridgehead atoms. The van der Waals surface area contributed by atoms with Crippen molar-refractivity contribution in [2.75, 3.05) is 45.8 Å². The van der Waals surface area contributed by atoms with Gasteiger partial charge in [0, 0.05) is 45.1 Å². The van der Waals surface area contributed by atoms with Gasteiger partial charge in [0.2, 0.25) is 11.8 Å². The average molecular weight is 465 g/mol. The number of aromatic nitrogens is 1. The maximum Gasteiger partial charge on any atom is 0.227 e. The first-order chi connectivity index (χ1) is 16.5. The van der Waals surface area contributed by atoms with Crippen LogP contribution in [0.25, 0.3) is 0 Å². The predicted octanol–water partition coefficient (Wildman–Crippen LogP) is 3.18. The molecule has 1 atom stereocenters. The third kappa shape index (κ3) is 4.90. The molecule has 3 saturated heterocycles. The van der Waals surface area contributed by atoms with Crippen molar-refractivity contribution in [2.45, 2.75) is 44.9 Å². The monoisotopic (exact) mass is 464 g/mol. The Morgan fingerprint density at radius 1 is 1.06 bits per heavy atom. The molecule has 3 fully saturated rings. The molecule has 0 radical (unpaired) electrons. The number of piperidine rings is 2. The molecule has 182 valence electrons. The largest absolute Gasteiger partial charge is 0.449 e. The van der Waals surface area contributed by atoms with E-state index in [1.807, 2.05) is 35.2 Å². The molecule has 1 unspecified atom stereocenters. The van der Waals surface area contributed by atoms with Crippen molar-refractivity contribution < 1.29 is 14.0 Å². The minimum Gasteiger partial charge on any atom is -0.449 e. The zero-order valence-electron chi connectivity index (χ0n) is 20.2. The SMILES string of the molecule is CC(=O)N1CCC(CN2CCC3(CC2)CN(C(=O)Cc2ccccc2)CC3c2ncco2)CC1. The first-order valence-corrected chi connectivity index (χ1v) is 12.7. The molecule has 34 heavy (non-hydrogen) atoms. The Bertz CT molecular complexity index is 961. The minimum absolute atomic E-state index is 0.0334. The fourth-order valence-electron chi connectivity index (χ4n) is 6.27. The van der Waals surface area contributed by atoms with Gasteiger partial charge in [0.15, 0.2) is 5.89 Å². The normalized spacial score (nSPS) is 23.5. The Kier molecular flexibility index (Phi) is 6.73. The lowest BCUT2D eigenvalue weighted by Crippen LogP contribution is -2.47. The molecule has 3 aliphatic rings. The zero-order chi connectivity index (χ0) is 23.5. The maximum atomic E-state index is 13.2. The van der Waals surface area contributed by atoms with Crippen LogP contribution in [0.3, 0.4) is 0 Å². The Balaban J connectivity index is 1.22. The van der Waals surface area contributed by atoms with Gasteiger partial charge in [0.25, 0.3) is 0 Å². The van der Waals surface area contributed by atoms with Crippen LogP contribution in [0.5, 0.6) is 0 Å². The quantitative estimate of drug-likeness (QED) is 0.680. The number of carbonyl (C=O) groups is 2. The Labute approximate surface area is 202 Å². The molecule has 5 rings (SSSR count). The van der Waals surface area contributed by atoms with Gasteiger partial charge in [0.1, 0.15) is 6.26 Å². The number of benzene rings is 1. The minimum atomic E-state index is 0.0334. The summed E-state index contributed by atoms with van der Waals surface area (Å²) in [6, 6.07) is 10.0. The fourth-order valence-corrected chi connectivity index (χ4v) is 6.27. The molecule has 4 heterocycles. The van der Waals surface area contributed by atoms with E-state index >= 15 is 0 Å². The van der Waals surface area contributed by atoms with Gasteiger partial charge in [-0.05, 0) is 50.3 Å². The summed E-state index contributed by atoms with van der Waals surface area (Å²) in [5.41, 5.74) is 1.10. The van der Waals surface area contributed by atoms with Gasteiger partial charge in [-0.1, -0.05) is 30.3 Å². The molecule has 0 saturated carbocycles. The van der Waals surface area contributed by atoms with E-state index < -0.39 is 0 Å². The second kappa shape index (κ2) is 9.90. The van der Waals surface area contributed by atoms with Gasteiger partial charge in [0.05, 0.1) is 18.5 Å². The smallest absolute Gasteiger partial charge is 0.227 e. The highest BCUT2D eigenvalue weighted by molar-refractivity contribution is 5.79. The van der Waals surface area contributed by atoms with Crippen molar-refractivity contribution in [3.05, 3.63) is 54.2 Å². The van der Waals surface area contributed by atoms with Gasteiger partial charge >= 0.3 is 0 Å². The van der Waals surface area contributed by atoms with E-state index in [0.717, 1.165) is 76.4 Å². The molecular weight excluding hydrogens is 428 g/mol. The molecule has 1 aromatic carbocycles. The molecule has 7 nitrogen and oxygen atoms in total. The van der Waals surface area contributed by atoms with E-state index in [2.05, 4.69) is 14.8 Å². The fraction of sp³-hybridized carbons (Fsp3) is 0.593. The number of hydrogen-bond donors (Lipinski definition) is 0. The van der Waals surface area contributed by atoms with Crippen LogP contribution in [0.4, 0.5) is 0 Å². The lowest BCUT2D eigenvalue weighted by atomic mass is 9.70. The standard InChI is InChI=1S/C27H36N4O3/c1-21(32)30-12-7-23(8-13-30)18-29-14-9-27(10-15-29)20-31(19-24(27)26-28-11-16-34-26)25(33)17-22-5-3-2-4-6-22/h2-6,11,16,23-24H,7-10,12-15,17-20H2,1H3. The highest BCUT2D eigenvalue weighted by Crippen LogP contribution is 2.49. The maximum absolute atomic E-state index is 13.2. The topological polar surface area (TPSA) is 69.9 Å². The van der Waals surface area contributed by atoms with Crippen molar-refractivity contribution in [3.63, 3.8) is 0 Å². The average Bonchev–Trinajstić information content (AvgIpc) is 3.50. The summed E-state index contributed by atoms with van der Waals surface area (Å²) < 4.78 is 5.77. The molecule has 1 aromatic heterocycles. The van der Waals surface area contributed by atoms with Crippen LogP contribution >= 0.6 is 0 Å². The van der Waals surface area contributed by atoms with Crippen LogP contribution < -0.4 is 0 Å². The van der Waals surface area contributed by atoms with E-state index in [4.69, 9.17) is 4.42 Å². The van der Waals surface area contributed by atoms with Crippen LogP contribution in [-0.2, 0) is 16.0 Å². The van der Waals surface area contributed by atoms with Crippen molar-refractivity contribution in [1.29, 1.82) is 0 Å². The second-order valence-corrected chi connectivity index (χ2v) is 10.5. The van der Waals surface area contributed by atoms with Gasteiger partial charge < -0.3 is 19.1 Å². The summed E-state index contributed by atoms with van der Waals surface area (Å²) in [4.78, 5) is 35.9. The highest BCUT2D eigenvalue weighted by Gasteiger charge is 2.51. The molecule has 1 spiro atoms. The first kappa shape index (κ1) is 23.1. The third-order valence-electron chi connectivity index (χ3n) is 8.38. The van der Waals surface area contributed by atoms with Crippen LogP contribution in [-0.4, -0.2) is 77.3 Å². The molecule has 0 aliphatic carbocycles. The number of nitrogens with zero attached hydrogens (tertiary/aromatic N) is 4. The van der Waals surface area contributed by atoms with Crippen LogP contribution in [0.2, 0.25) is 0 Å². The molecule has 7 heteroatoms. The Morgan fingerprint density at radius 3 is 2.44 bits per heavy atom. The molecule has 2 aromatic rings. The molecule has 2 amide bonds. The highest BCUT2D eigenvalue weighted by atomic mass is 16.3. The van der Waals surface area contributed by atoms with Gasteiger partial charge in [-0.25, -0.2) is 4.98 Å². The van der Waals surface area contributed by atoms with Crippen molar-refractivity contribution in [3.8, 4) is 0 Å². The summed E-state index contributed by atoms with van der Waals surface area (Å²) in [5, 5.41) is 0. The number of rotatable bonds is 5. The molecule has 0 N–H and O–H groups in total. The summed E-state index contributed by atoms with van der Waals surface area (Å²) in [5.74, 6) is 1.99. The van der Waals surface area contributed by atoms with E-state index in [-0.39, 0.29) is 23.1 Å². The number of carbonyl (C=O) groups excluding carboxylic acids is 2. The number of amides is 2. The van der Waals surface area contributed by atoms with Crippen molar-refractivity contribution in [2.24, 2.45) is 11.3 Å². The van der Waals surface area contributed by atoms with E-state index in [0.29, 0.717) is 18.9 Å². The number of hydrogen-bond acceptors (Lipinski definition) is 5. The summed E-state index contributed by atoms with van der Waals surface area (Å²) in [7, 11) is 0. The van der Waals surface area contributed by atoms with E-state index in [1.165, 1.54) is 0 Å². The van der Waals surface area contributed by atoms with Gasteiger partial charge in [-0.2, -0.15) is 0 Å². The van der Waals surface area contributed by atoms with E-state index in [1.54, 1.807) is 19.4 Å². The first-order valence-electron chi connectivity index (χ1n) is 12.7. The summed E-state index contributed by atoms with van der Waals surface area (Å²) in [6.45, 7) is 8.14. The zero-order valence-corrected chi connectivity index (χ0v) is 20.2.